The Bertz CT molecular complexity index is 423. The Hall–Kier alpha value is -1.13. The molecular weight excluding hydrogens is 257 g/mol. The van der Waals surface area contributed by atoms with Crippen LogP contribution in [-0.2, 0) is 11.3 Å². The Morgan fingerprint density at radius 1 is 1.50 bits per heavy atom. The molecule has 3 nitrogen and oxygen atoms in total. The Morgan fingerprint density at radius 3 is 2.72 bits per heavy atom. The van der Waals surface area contributed by atoms with Gasteiger partial charge in [-0.2, -0.15) is 0 Å². The summed E-state index contributed by atoms with van der Waals surface area (Å²) in [5.74, 6) is -0.936. The molecular formula is C13H17ClFNO2. The summed E-state index contributed by atoms with van der Waals surface area (Å²) < 4.78 is 13.1. The predicted molar refractivity (Wildman–Crippen MR) is 69.2 cm³/mol. The highest BCUT2D eigenvalue weighted by Crippen LogP contribution is 2.19. The van der Waals surface area contributed by atoms with Gasteiger partial charge in [0, 0.05) is 18.1 Å². The molecule has 0 aromatic heterocycles. The number of hydrogen-bond donors (Lipinski definition) is 1. The summed E-state index contributed by atoms with van der Waals surface area (Å²) in [6, 6.07) is 4.12. The van der Waals surface area contributed by atoms with Crippen molar-refractivity contribution in [2.24, 2.45) is 5.92 Å². The molecule has 0 atom stereocenters. The minimum atomic E-state index is -0.900. The molecule has 0 aliphatic carbocycles. The van der Waals surface area contributed by atoms with Crippen LogP contribution in [0, 0.1) is 11.7 Å². The van der Waals surface area contributed by atoms with Gasteiger partial charge in [-0.25, -0.2) is 4.39 Å². The van der Waals surface area contributed by atoms with Crippen molar-refractivity contribution in [1.29, 1.82) is 0 Å². The van der Waals surface area contributed by atoms with Gasteiger partial charge in [-0.05, 0) is 29.7 Å². The van der Waals surface area contributed by atoms with Crippen molar-refractivity contribution < 1.29 is 14.3 Å². The number of carboxylic acid groups (broad SMARTS) is 1. The van der Waals surface area contributed by atoms with E-state index in [1.165, 1.54) is 18.2 Å². The molecule has 0 bridgehead atoms. The fourth-order valence-corrected chi connectivity index (χ4v) is 1.98. The van der Waals surface area contributed by atoms with Gasteiger partial charge in [0.2, 0.25) is 0 Å². The Balaban J connectivity index is 2.81. The number of carbonyl (C=O) groups is 1. The van der Waals surface area contributed by atoms with Crippen molar-refractivity contribution in [3.8, 4) is 0 Å². The third-order valence-corrected chi connectivity index (χ3v) is 2.75. The lowest BCUT2D eigenvalue weighted by Crippen LogP contribution is -2.32. The number of carboxylic acids is 1. The molecule has 0 radical (unpaired) electrons. The molecule has 5 heteroatoms. The standard InChI is InChI=1S/C13H17ClFNO2/c1-9(2)6-16(8-13(17)18)7-10-5-11(15)3-4-12(10)14/h3-5,9H,6-8H2,1-2H3,(H,17,18). The van der Waals surface area contributed by atoms with Crippen LogP contribution in [0.4, 0.5) is 4.39 Å². The van der Waals surface area contributed by atoms with Crippen LogP contribution < -0.4 is 0 Å². The molecule has 1 aromatic carbocycles. The van der Waals surface area contributed by atoms with E-state index in [0.717, 1.165) is 0 Å². The van der Waals surface area contributed by atoms with Crippen LogP contribution in [0.1, 0.15) is 19.4 Å². The summed E-state index contributed by atoms with van der Waals surface area (Å²) >= 11 is 5.97. The molecule has 18 heavy (non-hydrogen) atoms. The molecule has 1 N–H and O–H groups in total. The lowest BCUT2D eigenvalue weighted by atomic mass is 10.1. The zero-order valence-corrected chi connectivity index (χ0v) is 11.2. The molecule has 100 valence electrons. The second kappa shape index (κ2) is 6.71. The molecule has 0 aliphatic heterocycles. The fourth-order valence-electron chi connectivity index (χ4n) is 1.80. The number of benzene rings is 1. The molecule has 0 spiro atoms. The van der Waals surface area contributed by atoms with Crippen LogP contribution in [0.5, 0.6) is 0 Å². The molecule has 1 aromatic rings. The summed E-state index contributed by atoms with van der Waals surface area (Å²) in [6.07, 6.45) is 0. The first-order valence-electron chi connectivity index (χ1n) is 5.76. The van der Waals surface area contributed by atoms with Gasteiger partial charge in [0.05, 0.1) is 6.54 Å². The first-order chi connectivity index (χ1) is 8.38. The topological polar surface area (TPSA) is 40.5 Å². The summed E-state index contributed by atoms with van der Waals surface area (Å²) in [4.78, 5) is 12.5. The number of halogens is 2. The molecule has 0 amide bonds. The van der Waals surface area contributed by atoms with Crippen molar-refractivity contribution in [2.75, 3.05) is 13.1 Å². The van der Waals surface area contributed by atoms with Crippen molar-refractivity contribution >= 4 is 17.6 Å². The summed E-state index contributed by atoms with van der Waals surface area (Å²) in [5.41, 5.74) is 0.610. The third-order valence-electron chi connectivity index (χ3n) is 2.38. The maximum atomic E-state index is 13.1. The molecule has 0 fully saturated rings. The van der Waals surface area contributed by atoms with E-state index in [1.807, 2.05) is 13.8 Å². The summed E-state index contributed by atoms with van der Waals surface area (Å²) in [6.45, 7) is 4.88. The Labute approximate surface area is 111 Å². The molecule has 0 saturated heterocycles. The van der Waals surface area contributed by atoms with E-state index < -0.39 is 5.97 Å². The largest absolute Gasteiger partial charge is 0.480 e. The highest BCUT2D eigenvalue weighted by molar-refractivity contribution is 6.31. The second-order valence-electron chi connectivity index (χ2n) is 4.69. The Kier molecular flexibility index (Phi) is 5.56. The maximum absolute atomic E-state index is 13.1. The lowest BCUT2D eigenvalue weighted by molar-refractivity contribution is -0.138. The number of aliphatic carboxylic acids is 1. The van der Waals surface area contributed by atoms with E-state index in [2.05, 4.69) is 0 Å². The first kappa shape index (κ1) is 14.9. The van der Waals surface area contributed by atoms with Gasteiger partial charge in [0.25, 0.3) is 0 Å². The van der Waals surface area contributed by atoms with Gasteiger partial charge < -0.3 is 5.11 Å². The van der Waals surface area contributed by atoms with Crippen LogP contribution in [0.2, 0.25) is 5.02 Å². The van der Waals surface area contributed by atoms with Crippen LogP contribution in [0.25, 0.3) is 0 Å². The van der Waals surface area contributed by atoms with Crippen LogP contribution >= 0.6 is 11.6 Å². The van der Waals surface area contributed by atoms with Crippen LogP contribution in [0.3, 0.4) is 0 Å². The molecule has 0 heterocycles. The minimum absolute atomic E-state index is 0.0784. The van der Waals surface area contributed by atoms with Gasteiger partial charge >= 0.3 is 5.97 Å². The second-order valence-corrected chi connectivity index (χ2v) is 5.10. The summed E-state index contributed by atoms with van der Waals surface area (Å²) in [7, 11) is 0. The van der Waals surface area contributed by atoms with Crippen molar-refractivity contribution in [1.82, 2.24) is 4.90 Å². The molecule has 1 rings (SSSR count). The normalized spacial score (nSPS) is 11.2. The minimum Gasteiger partial charge on any atom is -0.480 e. The average molecular weight is 274 g/mol. The number of rotatable bonds is 6. The number of nitrogens with zero attached hydrogens (tertiary/aromatic N) is 1. The third kappa shape index (κ3) is 5.02. The van der Waals surface area contributed by atoms with Crippen molar-refractivity contribution in [3.63, 3.8) is 0 Å². The molecule has 0 saturated carbocycles. The smallest absolute Gasteiger partial charge is 0.317 e. The van der Waals surface area contributed by atoms with Gasteiger partial charge in [-0.1, -0.05) is 25.4 Å². The highest BCUT2D eigenvalue weighted by atomic mass is 35.5. The van der Waals surface area contributed by atoms with E-state index in [9.17, 15) is 9.18 Å². The van der Waals surface area contributed by atoms with Crippen LogP contribution in [0.15, 0.2) is 18.2 Å². The van der Waals surface area contributed by atoms with Crippen LogP contribution in [-0.4, -0.2) is 29.1 Å². The highest BCUT2D eigenvalue weighted by Gasteiger charge is 2.14. The monoisotopic (exact) mass is 273 g/mol. The van der Waals surface area contributed by atoms with E-state index in [1.54, 1.807) is 4.90 Å². The lowest BCUT2D eigenvalue weighted by Gasteiger charge is -2.22. The predicted octanol–water partition coefficient (Wildman–Crippen LogP) is 3.02. The zero-order valence-electron chi connectivity index (χ0n) is 10.5. The van der Waals surface area contributed by atoms with Crippen molar-refractivity contribution in [3.05, 3.63) is 34.6 Å². The molecule has 0 unspecified atom stereocenters. The fraction of sp³-hybridized carbons (Fsp3) is 0.462. The van der Waals surface area contributed by atoms with E-state index in [0.29, 0.717) is 29.6 Å². The maximum Gasteiger partial charge on any atom is 0.317 e. The average Bonchev–Trinajstić information content (AvgIpc) is 2.21. The SMILES string of the molecule is CC(C)CN(CC(=O)O)Cc1cc(F)ccc1Cl. The molecule has 0 aliphatic rings. The Morgan fingerprint density at radius 2 is 2.17 bits per heavy atom. The summed E-state index contributed by atoms with van der Waals surface area (Å²) in [5, 5.41) is 9.30. The van der Waals surface area contributed by atoms with E-state index in [-0.39, 0.29) is 12.4 Å². The zero-order chi connectivity index (χ0) is 13.7. The van der Waals surface area contributed by atoms with Gasteiger partial charge in [-0.3, -0.25) is 9.69 Å². The van der Waals surface area contributed by atoms with Gasteiger partial charge in [0.1, 0.15) is 5.82 Å². The van der Waals surface area contributed by atoms with Crippen molar-refractivity contribution in [2.45, 2.75) is 20.4 Å². The van der Waals surface area contributed by atoms with E-state index in [4.69, 9.17) is 16.7 Å². The first-order valence-corrected chi connectivity index (χ1v) is 6.14. The quantitative estimate of drug-likeness (QED) is 0.866. The van der Waals surface area contributed by atoms with E-state index >= 15 is 0 Å². The number of hydrogen-bond acceptors (Lipinski definition) is 2. The van der Waals surface area contributed by atoms with Gasteiger partial charge in [-0.15, -0.1) is 0 Å². The van der Waals surface area contributed by atoms with Gasteiger partial charge in [0.15, 0.2) is 0 Å².